The van der Waals surface area contributed by atoms with Gasteiger partial charge in [0.05, 0.1) is 5.75 Å². The molecule has 1 atom stereocenters. The molecule has 0 aliphatic carbocycles. The van der Waals surface area contributed by atoms with Crippen LogP contribution in [0.4, 0.5) is 0 Å². The summed E-state index contributed by atoms with van der Waals surface area (Å²) in [6, 6.07) is 3.94. The monoisotopic (exact) mass is 314 g/mol. The molecular formula is C12H15BrN2OS. The van der Waals surface area contributed by atoms with Crippen LogP contribution in [-0.4, -0.2) is 28.1 Å². The fourth-order valence-corrected chi connectivity index (χ4v) is 3.72. The number of halogens is 1. The van der Waals surface area contributed by atoms with Gasteiger partial charge in [-0.1, -0.05) is 19.9 Å². The lowest BCUT2D eigenvalue weighted by molar-refractivity contribution is -0.128. The Morgan fingerprint density at radius 2 is 2.41 bits per heavy atom. The molecule has 1 aliphatic rings. The summed E-state index contributed by atoms with van der Waals surface area (Å²) in [6.07, 6.45) is 1.75. The van der Waals surface area contributed by atoms with Crippen LogP contribution in [0.5, 0.6) is 0 Å². The molecule has 5 heteroatoms. The Balaban J connectivity index is 2.25. The van der Waals surface area contributed by atoms with Crippen molar-refractivity contribution in [1.29, 1.82) is 0 Å². The number of hydrogen-bond acceptors (Lipinski definition) is 3. The predicted molar refractivity (Wildman–Crippen MR) is 73.7 cm³/mol. The molecule has 1 unspecified atom stereocenters. The molecule has 1 fully saturated rings. The number of hydrogen-bond donors (Lipinski definition) is 0. The van der Waals surface area contributed by atoms with Crippen molar-refractivity contribution < 1.29 is 4.79 Å². The molecule has 0 aromatic carbocycles. The fourth-order valence-electron chi connectivity index (χ4n) is 1.89. The molecule has 1 aliphatic heterocycles. The van der Waals surface area contributed by atoms with Crippen LogP contribution in [0.1, 0.15) is 24.8 Å². The minimum atomic E-state index is 0.105. The van der Waals surface area contributed by atoms with Crippen LogP contribution in [0.3, 0.4) is 0 Å². The average Bonchev–Trinajstić information content (AvgIpc) is 2.61. The van der Waals surface area contributed by atoms with E-state index in [0.29, 0.717) is 11.7 Å². The second-order valence-corrected chi connectivity index (χ2v) is 6.31. The number of nitrogens with zero attached hydrogens (tertiary/aromatic N) is 2. The third kappa shape index (κ3) is 2.83. The number of pyridine rings is 1. The zero-order valence-corrected chi connectivity index (χ0v) is 12.3. The zero-order valence-electron chi connectivity index (χ0n) is 9.89. The van der Waals surface area contributed by atoms with Crippen LogP contribution in [0.15, 0.2) is 22.9 Å². The number of amides is 1. The molecular weight excluding hydrogens is 300 g/mol. The van der Waals surface area contributed by atoms with Gasteiger partial charge in [0.15, 0.2) is 0 Å². The van der Waals surface area contributed by atoms with Crippen molar-refractivity contribution in [2.45, 2.75) is 19.2 Å². The van der Waals surface area contributed by atoms with Crippen molar-refractivity contribution in [3.8, 4) is 0 Å². The highest BCUT2D eigenvalue weighted by molar-refractivity contribution is 9.10. The number of rotatable bonds is 3. The van der Waals surface area contributed by atoms with Gasteiger partial charge in [0.25, 0.3) is 0 Å². The molecule has 92 valence electrons. The van der Waals surface area contributed by atoms with E-state index in [-0.39, 0.29) is 11.3 Å². The van der Waals surface area contributed by atoms with E-state index >= 15 is 0 Å². The van der Waals surface area contributed by atoms with E-state index in [1.165, 1.54) is 0 Å². The van der Waals surface area contributed by atoms with Crippen LogP contribution >= 0.6 is 27.7 Å². The highest BCUT2D eigenvalue weighted by Crippen LogP contribution is 2.41. The van der Waals surface area contributed by atoms with Gasteiger partial charge >= 0.3 is 0 Å². The van der Waals surface area contributed by atoms with Gasteiger partial charge in [0.1, 0.15) is 9.98 Å². The van der Waals surface area contributed by atoms with Gasteiger partial charge < -0.3 is 4.90 Å². The number of aromatic nitrogens is 1. The first-order valence-electron chi connectivity index (χ1n) is 5.61. The quantitative estimate of drug-likeness (QED) is 0.804. The van der Waals surface area contributed by atoms with E-state index in [1.807, 2.05) is 17.0 Å². The maximum Gasteiger partial charge on any atom is 0.233 e. The highest BCUT2D eigenvalue weighted by Gasteiger charge is 2.34. The second-order valence-electron chi connectivity index (χ2n) is 4.49. The Kier molecular flexibility index (Phi) is 4.09. The fraction of sp³-hybridized carbons (Fsp3) is 0.500. The van der Waals surface area contributed by atoms with E-state index in [0.717, 1.165) is 16.7 Å². The van der Waals surface area contributed by atoms with Crippen molar-refractivity contribution in [3.63, 3.8) is 0 Å². The molecule has 0 N–H and O–H groups in total. The number of carbonyl (C=O) groups excluding carboxylic acids is 1. The van der Waals surface area contributed by atoms with E-state index < -0.39 is 0 Å². The van der Waals surface area contributed by atoms with E-state index in [4.69, 9.17) is 0 Å². The van der Waals surface area contributed by atoms with Crippen LogP contribution in [-0.2, 0) is 4.79 Å². The number of thioether (sulfide) groups is 1. The summed E-state index contributed by atoms with van der Waals surface area (Å²) in [5.41, 5.74) is 1.09. The normalized spacial score (nSPS) is 20.4. The minimum Gasteiger partial charge on any atom is -0.325 e. The Bertz CT molecular complexity index is 425. The van der Waals surface area contributed by atoms with Gasteiger partial charge in [0.2, 0.25) is 5.91 Å². The van der Waals surface area contributed by atoms with Crippen LogP contribution in [0.2, 0.25) is 0 Å². The van der Waals surface area contributed by atoms with E-state index in [9.17, 15) is 4.79 Å². The van der Waals surface area contributed by atoms with Gasteiger partial charge in [-0.25, -0.2) is 4.98 Å². The van der Waals surface area contributed by atoms with E-state index in [2.05, 4.69) is 34.8 Å². The van der Waals surface area contributed by atoms with Crippen LogP contribution in [0.25, 0.3) is 0 Å². The van der Waals surface area contributed by atoms with Gasteiger partial charge in [-0.2, -0.15) is 0 Å². The largest absolute Gasteiger partial charge is 0.325 e. The molecule has 2 rings (SSSR count). The van der Waals surface area contributed by atoms with Crippen molar-refractivity contribution in [3.05, 3.63) is 28.5 Å². The van der Waals surface area contributed by atoms with Gasteiger partial charge in [0, 0.05) is 18.3 Å². The van der Waals surface area contributed by atoms with E-state index in [1.54, 1.807) is 18.0 Å². The molecule has 17 heavy (non-hydrogen) atoms. The molecule has 1 saturated heterocycles. The Hall–Kier alpha value is -0.550. The molecule has 0 spiro atoms. The van der Waals surface area contributed by atoms with Gasteiger partial charge in [-0.15, -0.1) is 11.8 Å². The molecule has 0 radical (unpaired) electrons. The third-order valence-electron chi connectivity index (χ3n) is 2.58. The molecule has 1 aromatic heterocycles. The van der Waals surface area contributed by atoms with Crippen LogP contribution < -0.4 is 0 Å². The molecule has 0 saturated carbocycles. The Labute approximate surface area is 114 Å². The highest BCUT2D eigenvalue weighted by atomic mass is 79.9. The summed E-state index contributed by atoms with van der Waals surface area (Å²) in [7, 11) is 0. The second kappa shape index (κ2) is 5.40. The maximum atomic E-state index is 11.9. The van der Waals surface area contributed by atoms with Gasteiger partial charge in [-0.05, 0) is 27.9 Å². The summed E-state index contributed by atoms with van der Waals surface area (Å²) in [4.78, 5) is 18.1. The SMILES string of the molecule is CC(C)CN1C(=O)CSC1c1cccnc1Br. The lowest BCUT2D eigenvalue weighted by Crippen LogP contribution is -2.31. The summed E-state index contributed by atoms with van der Waals surface area (Å²) in [5.74, 6) is 1.28. The van der Waals surface area contributed by atoms with Crippen molar-refractivity contribution in [1.82, 2.24) is 9.88 Å². The van der Waals surface area contributed by atoms with Crippen molar-refractivity contribution in [2.24, 2.45) is 5.92 Å². The summed E-state index contributed by atoms with van der Waals surface area (Å²) < 4.78 is 0.834. The molecule has 1 aromatic rings. The maximum absolute atomic E-state index is 11.9. The smallest absolute Gasteiger partial charge is 0.233 e. The lowest BCUT2D eigenvalue weighted by atomic mass is 10.2. The Morgan fingerprint density at radius 3 is 3.06 bits per heavy atom. The minimum absolute atomic E-state index is 0.105. The summed E-state index contributed by atoms with van der Waals surface area (Å²) in [6.45, 7) is 5.06. The van der Waals surface area contributed by atoms with Gasteiger partial charge in [-0.3, -0.25) is 4.79 Å². The van der Waals surface area contributed by atoms with Crippen LogP contribution in [0, 0.1) is 5.92 Å². The average molecular weight is 315 g/mol. The summed E-state index contributed by atoms with van der Waals surface area (Å²) in [5, 5.41) is 0.105. The molecule has 1 amide bonds. The molecule has 2 heterocycles. The van der Waals surface area contributed by atoms with Crippen molar-refractivity contribution in [2.75, 3.05) is 12.3 Å². The standard InChI is InChI=1S/C12H15BrN2OS/c1-8(2)6-15-10(16)7-17-12(15)9-4-3-5-14-11(9)13/h3-5,8,12H,6-7H2,1-2H3. The third-order valence-corrected chi connectivity index (χ3v) is 4.48. The Morgan fingerprint density at radius 1 is 1.65 bits per heavy atom. The first-order valence-corrected chi connectivity index (χ1v) is 7.45. The molecule has 3 nitrogen and oxygen atoms in total. The first-order chi connectivity index (χ1) is 8.09. The summed E-state index contributed by atoms with van der Waals surface area (Å²) >= 11 is 5.13. The number of carbonyl (C=O) groups is 1. The zero-order chi connectivity index (χ0) is 12.4. The predicted octanol–water partition coefficient (Wildman–Crippen LogP) is 3.07. The topological polar surface area (TPSA) is 33.2 Å². The lowest BCUT2D eigenvalue weighted by Gasteiger charge is -2.26. The first kappa shape index (κ1) is 12.9. The molecule has 0 bridgehead atoms. The van der Waals surface area contributed by atoms with Crippen molar-refractivity contribution >= 4 is 33.6 Å².